The lowest BCUT2D eigenvalue weighted by Crippen LogP contribution is -2.67. The van der Waals surface area contributed by atoms with Gasteiger partial charge in [0, 0.05) is 4.57 Å². The van der Waals surface area contributed by atoms with E-state index in [1.807, 2.05) is 152 Å². The van der Waals surface area contributed by atoms with E-state index in [-0.39, 0.29) is 33.0 Å². The van der Waals surface area contributed by atoms with Gasteiger partial charge in [-0.25, -0.2) is 0 Å². The van der Waals surface area contributed by atoms with Crippen LogP contribution in [0.3, 0.4) is 0 Å². The summed E-state index contributed by atoms with van der Waals surface area (Å²) in [4.78, 5) is 10.3. The van der Waals surface area contributed by atoms with Gasteiger partial charge in [-0.05, 0) is 27.8 Å². The van der Waals surface area contributed by atoms with Crippen LogP contribution in [-0.4, -0.2) is 41.5 Å². The van der Waals surface area contributed by atoms with Crippen molar-refractivity contribution in [1.82, 2.24) is 0 Å². The highest BCUT2D eigenvalue weighted by atomic mass is 31.1. The lowest BCUT2D eigenvalue weighted by Gasteiger charge is -2.48. The Morgan fingerprint density at radius 3 is 0.760 bits per heavy atom. The second kappa shape index (κ2) is 18.8. The predicted octanol–water partition coefficient (Wildman–Crippen LogP) is 7.96. The monoisotopic (exact) mass is 693 g/mol. The minimum atomic E-state index is -3.07. The maximum atomic E-state index is 12.6. The third-order valence-corrected chi connectivity index (χ3v) is 9.00. The molecule has 0 amide bonds. The molecule has 0 aliphatic heterocycles. The first-order chi connectivity index (χ1) is 24.6. The molecule has 7 atom stereocenters. The van der Waals surface area contributed by atoms with Gasteiger partial charge in [0.2, 0.25) is 0 Å². The molecule has 0 bridgehead atoms. The van der Waals surface area contributed by atoms with Crippen molar-refractivity contribution in [1.29, 1.82) is 0 Å². The fourth-order valence-corrected chi connectivity index (χ4v) is 6.58. The number of ether oxygens (including phenoxy) is 5. The molecule has 1 N–H and O–H groups in total. The van der Waals surface area contributed by atoms with Crippen LogP contribution in [0.15, 0.2) is 152 Å². The zero-order valence-corrected chi connectivity index (χ0v) is 28.6. The summed E-state index contributed by atoms with van der Waals surface area (Å²) in [6.07, 6.45) is -5.15. The lowest BCUT2D eigenvalue weighted by molar-refractivity contribution is -0.278. The molecule has 0 radical (unpaired) electrons. The summed E-state index contributed by atoms with van der Waals surface area (Å²) >= 11 is 0. The van der Waals surface area contributed by atoms with Gasteiger partial charge in [-0.1, -0.05) is 152 Å². The van der Waals surface area contributed by atoms with E-state index in [0.717, 1.165) is 27.8 Å². The van der Waals surface area contributed by atoms with Gasteiger partial charge in [0.1, 0.15) is 30.5 Å². The summed E-state index contributed by atoms with van der Waals surface area (Å²) in [7, 11) is -3.07. The summed E-state index contributed by atoms with van der Waals surface area (Å²) in [5.41, 5.74) is 4.72. The second-order valence-electron chi connectivity index (χ2n) is 12.1. The molecule has 0 saturated heterocycles. The van der Waals surface area contributed by atoms with E-state index in [1.54, 1.807) is 0 Å². The fraction of sp³-hybridized carbons (Fsp3) is 0.268. The third-order valence-electron chi connectivity index (χ3n) is 8.58. The molecule has 3 unspecified atom stereocenters. The van der Waals surface area contributed by atoms with Crippen LogP contribution in [0.4, 0.5) is 0 Å². The molecule has 1 fully saturated rings. The van der Waals surface area contributed by atoms with Crippen molar-refractivity contribution in [3.8, 4) is 0 Å². The Labute approximate surface area is 294 Å². The fourth-order valence-electron chi connectivity index (χ4n) is 6.13. The number of benzene rings is 5. The van der Waals surface area contributed by atoms with Gasteiger partial charge in [-0.15, -0.1) is 9.42 Å². The number of rotatable bonds is 17. The molecule has 1 saturated carbocycles. The molecule has 9 heteroatoms. The Hall–Kier alpha value is -4.08. The van der Waals surface area contributed by atoms with Crippen LogP contribution < -0.4 is 0 Å². The van der Waals surface area contributed by atoms with E-state index in [1.165, 1.54) is 0 Å². The average Bonchev–Trinajstić information content (AvgIpc) is 3.16. The highest BCUT2D eigenvalue weighted by Gasteiger charge is 2.57. The predicted molar refractivity (Wildman–Crippen MR) is 190 cm³/mol. The van der Waals surface area contributed by atoms with Gasteiger partial charge < -0.3 is 23.7 Å². The van der Waals surface area contributed by atoms with Crippen LogP contribution >= 0.6 is 8.25 Å². The van der Waals surface area contributed by atoms with Crippen molar-refractivity contribution in [2.45, 2.75) is 69.7 Å². The van der Waals surface area contributed by atoms with Crippen molar-refractivity contribution in [3.05, 3.63) is 179 Å². The Balaban J connectivity index is 1.41. The molecule has 0 aromatic heterocycles. The molecular formula is C41H42O8P+. The number of hydrogen-bond acceptors (Lipinski definition) is 7. The van der Waals surface area contributed by atoms with Gasteiger partial charge in [0.05, 0.1) is 33.0 Å². The molecule has 0 spiro atoms. The zero-order valence-electron chi connectivity index (χ0n) is 27.7. The normalized spacial score (nSPS) is 22.2. The third kappa shape index (κ3) is 10.2. The minimum Gasteiger partial charge on any atom is -0.368 e. The molecule has 5 aromatic rings. The first kappa shape index (κ1) is 35.7. The lowest BCUT2D eigenvalue weighted by atomic mass is 9.83. The van der Waals surface area contributed by atoms with Gasteiger partial charge in [0.25, 0.3) is 0 Å². The first-order valence-corrected chi connectivity index (χ1v) is 17.9. The van der Waals surface area contributed by atoms with Crippen molar-refractivity contribution in [2.24, 2.45) is 0 Å². The molecule has 1 aliphatic rings. The van der Waals surface area contributed by atoms with Crippen LogP contribution in [0.5, 0.6) is 0 Å². The molecular weight excluding hydrogens is 651 g/mol. The van der Waals surface area contributed by atoms with E-state index in [9.17, 15) is 9.46 Å². The summed E-state index contributed by atoms with van der Waals surface area (Å²) < 4.78 is 52.0. The van der Waals surface area contributed by atoms with Crippen LogP contribution in [0, 0.1) is 0 Å². The summed E-state index contributed by atoms with van der Waals surface area (Å²) in [6, 6.07) is 49.0. The zero-order chi connectivity index (χ0) is 34.4. The molecule has 6 rings (SSSR count). The van der Waals surface area contributed by atoms with Crippen LogP contribution in [0.1, 0.15) is 27.8 Å². The molecule has 1 aliphatic carbocycles. The Bertz CT molecular complexity index is 1600. The molecule has 0 heterocycles. The van der Waals surface area contributed by atoms with E-state index >= 15 is 0 Å². The summed E-state index contributed by atoms with van der Waals surface area (Å²) in [5.74, 6) is 0. The number of hydrogen-bond donors (Lipinski definition) is 1. The molecule has 50 heavy (non-hydrogen) atoms. The Morgan fingerprint density at radius 2 is 0.560 bits per heavy atom. The van der Waals surface area contributed by atoms with Crippen molar-refractivity contribution in [2.75, 3.05) is 0 Å². The largest absolute Gasteiger partial charge is 0.695 e. The maximum absolute atomic E-state index is 12.6. The standard InChI is InChI=1S/C41H41O8P/c42-50(43)49-41-39(47-29-34-22-12-4-13-23-34)37(45-27-32-18-8-2-9-19-32)36(44-26-31-16-6-1-7-17-31)38(46-28-33-20-10-3-11-21-33)40(41)48-30-35-24-14-5-15-25-35/h1-25,36-41H,26-30H2/p+1/t36?,37-,38+,39-,40-,41?/m0/s1. The van der Waals surface area contributed by atoms with E-state index in [2.05, 4.69) is 0 Å². The van der Waals surface area contributed by atoms with Crippen LogP contribution in [-0.2, 0) is 65.8 Å². The minimum absolute atomic E-state index is 0.200. The smallest absolute Gasteiger partial charge is 0.368 e. The van der Waals surface area contributed by atoms with Gasteiger partial charge in [-0.3, -0.25) is 0 Å². The van der Waals surface area contributed by atoms with E-state index < -0.39 is 44.9 Å². The second-order valence-corrected chi connectivity index (χ2v) is 12.8. The van der Waals surface area contributed by atoms with Crippen molar-refractivity contribution >= 4 is 8.25 Å². The van der Waals surface area contributed by atoms with Gasteiger partial charge in [-0.2, -0.15) is 0 Å². The van der Waals surface area contributed by atoms with E-state index in [4.69, 9.17) is 28.2 Å². The molecule has 258 valence electrons. The highest BCUT2D eigenvalue weighted by Crippen LogP contribution is 2.39. The molecule has 8 nitrogen and oxygen atoms in total. The maximum Gasteiger partial charge on any atom is 0.695 e. The average molecular weight is 694 g/mol. The van der Waals surface area contributed by atoms with Crippen molar-refractivity contribution < 1.29 is 37.7 Å². The van der Waals surface area contributed by atoms with Gasteiger partial charge in [0.15, 0.2) is 6.10 Å². The Kier molecular flexibility index (Phi) is 13.4. The quantitative estimate of drug-likeness (QED) is 0.0982. The van der Waals surface area contributed by atoms with Crippen molar-refractivity contribution in [3.63, 3.8) is 0 Å². The SMILES string of the molecule is O=[P+](O)OC1[C@@H](OCc2ccccc2)[C@H](OCc2ccccc2)C(OCc2ccccc2)[C@H](OCc2ccccc2)[C@@H]1OCc1ccccc1. The summed E-state index contributed by atoms with van der Waals surface area (Å²) in [6.45, 7) is 1.14. The first-order valence-electron chi connectivity index (χ1n) is 16.7. The van der Waals surface area contributed by atoms with Crippen LogP contribution in [0.25, 0.3) is 0 Å². The van der Waals surface area contributed by atoms with Crippen LogP contribution in [0.2, 0.25) is 0 Å². The van der Waals surface area contributed by atoms with Gasteiger partial charge >= 0.3 is 8.25 Å². The molecule has 5 aromatic carbocycles. The summed E-state index contributed by atoms with van der Waals surface area (Å²) in [5, 5.41) is 0. The van der Waals surface area contributed by atoms with E-state index in [0.29, 0.717) is 0 Å². The highest BCUT2D eigenvalue weighted by molar-refractivity contribution is 7.32. The topological polar surface area (TPSA) is 92.7 Å². The Morgan fingerprint density at radius 1 is 0.360 bits per heavy atom.